The summed E-state index contributed by atoms with van der Waals surface area (Å²) in [5.41, 5.74) is 10.0. The van der Waals surface area contributed by atoms with Gasteiger partial charge in [-0.2, -0.15) is 0 Å². The molecule has 2 rings (SSSR count). The van der Waals surface area contributed by atoms with Crippen molar-refractivity contribution in [2.75, 3.05) is 5.73 Å². The second-order valence-electron chi connectivity index (χ2n) is 4.75. The van der Waals surface area contributed by atoms with Crippen LogP contribution in [0.25, 0.3) is 0 Å². The number of hydrogen-bond acceptors (Lipinski definition) is 3. The molecule has 0 radical (unpaired) electrons. The quantitative estimate of drug-likeness (QED) is 0.817. The van der Waals surface area contributed by atoms with Gasteiger partial charge in [0.25, 0.3) is 0 Å². The largest absolute Gasteiger partial charge is 0.464 e. The second kappa shape index (κ2) is 4.86. The van der Waals surface area contributed by atoms with Crippen molar-refractivity contribution in [3.63, 3.8) is 0 Å². The van der Waals surface area contributed by atoms with E-state index >= 15 is 0 Å². The van der Waals surface area contributed by atoms with Crippen LogP contribution in [0.3, 0.4) is 0 Å². The van der Waals surface area contributed by atoms with Crippen molar-refractivity contribution in [3.8, 4) is 0 Å². The number of rotatable bonds is 3. The van der Waals surface area contributed by atoms with Crippen LogP contribution in [-0.2, 0) is 6.42 Å². The molecular formula is C15H19NO2. The van der Waals surface area contributed by atoms with Crippen LogP contribution in [0.2, 0.25) is 0 Å². The Hall–Kier alpha value is -1.74. The topological polar surface area (TPSA) is 59.4 Å². The summed E-state index contributed by atoms with van der Waals surface area (Å²) in [6.07, 6.45) is -0.178. The van der Waals surface area contributed by atoms with Crippen LogP contribution in [0.5, 0.6) is 0 Å². The summed E-state index contributed by atoms with van der Waals surface area (Å²) in [6.45, 7) is 5.89. The van der Waals surface area contributed by atoms with Gasteiger partial charge in [0.15, 0.2) is 0 Å². The van der Waals surface area contributed by atoms with Gasteiger partial charge in [-0.05, 0) is 49.6 Å². The summed E-state index contributed by atoms with van der Waals surface area (Å²) < 4.78 is 5.42. The Bertz CT molecular complexity index is 558. The highest BCUT2D eigenvalue weighted by molar-refractivity contribution is 5.56. The summed E-state index contributed by atoms with van der Waals surface area (Å²) in [5.74, 6) is 1.39. The van der Waals surface area contributed by atoms with E-state index in [1.54, 1.807) is 6.07 Å². The zero-order valence-electron chi connectivity index (χ0n) is 11.0. The van der Waals surface area contributed by atoms with Crippen molar-refractivity contribution < 1.29 is 9.52 Å². The molecule has 0 saturated heterocycles. The highest BCUT2D eigenvalue weighted by Gasteiger charge is 2.15. The molecule has 0 aliphatic heterocycles. The molecule has 3 heteroatoms. The number of hydrogen-bond donors (Lipinski definition) is 2. The Kier molecular flexibility index (Phi) is 3.43. The van der Waals surface area contributed by atoms with Crippen molar-refractivity contribution in [2.24, 2.45) is 0 Å². The number of nitrogen functional groups attached to an aromatic ring is 1. The SMILES string of the molecule is Cc1ccc(C(O)Cc2ccc(C)c(C)c2N)o1. The number of benzene rings is 1. The number of anilines is 1. The van der Waals surface area contributed by atoms with Crippen molar-refractivity contribution in [3.05, 3.63) is 52.5 Å². The average Bonchev–Trinajstić information content (AvgIpc) is 2.77. The molecule has 18 heavy (non-hydrogen) atoms. The Labute approximate surface area is 107 Å². The summed E-state index contributed by atoms with van der Waals surface area (Å²) in [6, 6.07) is 7.65. The molecule has 0 fully saturated rings. The standard InChI is InChI=1S/C15H19NO2/c1-9-4-6-12(15(16)11(9)3)8-13(17)14-7-5-10(2)18-14/h4-7,13,17H,8,16H2,1-3H3. The van der Waals surface area contributed by atoms with Crippen LogP contribution in [0.1, 0.15) is 34.3 Å². The molecule has 0 aliphatic rings. The van der Waals surface area contributed by atoms with Gasteiger partial charge < -0.3 is 15.3 Å². The van der Waals surface area contributed by atoms with Crippen LogP contribution < -0.4 is 5.73 Å². The molecule has 2 aromatic rings. The summed E-state index contributed by atoms with van der Waals surface area (Å²) in [7, 11) is 0. The lowest BCUT2D eigenvalue weighted by Crippen LogP contribution is -2.05. The van der Waals surface area contributed by atoms with Crippen molar-refractivity contribution in [1.29, 1.82) is 0 Å². The number of aliphatic hydroxyl groups excluding tert-OH is 1. The first kappa shape index (κ1) is 12.7. The third-order valence-electron chi connectivity index (χ3n) is 3.38. The molecule has 0 saturated carbocycles. The summed E-state index contributed by atoms with van der Waals surface area (Å²) in [4.78, 5) is 0. The number of nitrogens with two attached hydrogens (primary N) is 1. The van der Waals surface area contributed by atoms with Gasteiger partial charge in [0.05, 0.1) is 0 Å². The molecule has 96 valence electrons. The molecule has 0 aliphatic carbocycles. The fourth-order valence-corrected chi connectivity index (χ4v) is 2.01. The van der Waals surface area contributed by atoms with Crippen LogP contribution in [-0.4, -0.2) is 5.11 Å². The van der Waals surface area contributed by atoms with Gasteiger partial charge in [0, 0.05) is 12.1 Å². The normalized spacial score (nSPS) is 12.7. The second-order valence-corrected chi connectivity index (χ2v) is 4.75. The van der Waals surface area contributed by atoms with Gasteiger partial charge >= 0.3 is 0 Å². The van der Waals surface area contributed by atoms with Crippen molar-refractivity contribution in [2.45, 2.75) is 33.3 Å². The molecule has 1 aromatic carbocycles. The third-order valence-corrected chi connectivity index (χ3v) is 3.38. The first-order valence-electron chi connectivity index (χ1n) is 6.08. The Morgan fingerprint density at radius 1 is 1.17 bits per heavy atom. The minimum Gasteiger partial charge on any atom is -0.464 e. The Morgan fingerprint density at radius 2 is 1.89 bits per heavy atom. The minimum atomic E-state index is -0.650. The van der Waals surface area contributed by atoms with Gasteiger partial charge in [-0.3, -0.25) is 0 Å². The lowest BCUT2D eigenvalue weighted by Gasteiger charge is -2.13. The monoisotopic (exact) mass is 245 g/mol. The smallest absolute Gasteiger partial charge is 0.132 e. The Morgan fingerprint density at radius 3 is 2.50 bits per heavy atom. The number of aliphatic hydroxyl groups is 1. The molecular weight excluding hydrogens is 226 g/mol. The fourth-order valence-electron chi connectivity index (χ4n) is 2.01. The van der Waals surface area contributed by atoms with E-state index in [0.29, 0.717) is 12.2 Å². The van der Waals surface area contributed by atoms with Gasteiger partial charge in [-0.1, -0.05) is 12.1 Å². The van der Waals surface area contributed by atoms with E-state index in [-0.39, 0.29) is 0 Å². The van der Waals surface area contributed by atoms with E-state index in [9.17, 15) is 5.11 Å². The Balaban J connectivity index is 2.22. The predicted octanol–water partition coefficient (Wildman–Crippen LogP) is 3.06. The molecule has 1 aromatic heterocycles. The molecule has 1 unspecified atom stereocenters. The molecule has 1 atom stereocenters. The number of furan rings is 1. The molecule has 3 nitrogen and oxygen atoms in total. The van der Waals surface area contributed by atoms with Gasteiger partial charge in [-0.25, -0.2) is 0 Å². The van der Waals surface area contributed by atoms with Gasteiger partial charge in [-0.15, -0.1) is 0 Å². The molecule has 3 N–H and O–H groups in total. The lowest BCUT2D eigenvalue weighted by molar-refractivity contribution is 0.149. The summed E-state index contributed by atoms with van der Waals surface area (Å²) in [5, 5.41) is 10.1. The molecule has 1 heterocycles. The highest BCUT2D eigenvalue weighted by atomic mass is 16.4. The van der Waals surface area contributed by atoms with Crippen LogP contribution >= 0.6 is 0 Å². The molecule has 0 spiro atoms. The zero-order valence-corrected chi connectivity index (χ0v) is 11.0. The van der Waals surface area contributed by atoms with Gasteiger partial charge in [0.2, 0.25) is 0 Å². The third kappa shape index (κ3) is 2.41. The zero-order chi connectivity index (χ0) is 13.3. The van der Waals surface area contributed by atoms with Crippen molar-refractivity contribution >= 4 is 5.69 Å². The maximum atomic E-state index is 10.1. The average molecular weight is 245 g/mol. The van der Waals surface area contributed by atoms with Crippen LogP contribution in [0.4, 0.5) is 5.69 Å². The van der Waals surface area contributed by atoms with E-state index < -0.39 is 6.10 Å². The van der Waals surface area contributed by atoms with Gasteiger partial charge in [0.1, 0.15) is 17.6 Å². The van der Waals surface area contributed by atoms with E-state index in [4.69, 9.17) is 10.2 Å². The number of aryl methyl sites for hydroxylation is 2. The van der Waals surface area contributed by atoms with E-state index in [2.05, 4.69) is 0 Å². The maximum Gasteiger partial charge on any atom is 0.132 e. The van der Waals surface area contributed by atoms with E-state index in [0.717, 1.165) is 22.6 Å². The molecule has 0 amide bonds. The lowest BCUT2D eigenvalue weighted by atomic mass is 9.98. The van der Waals surface area contributed by atoms with Crippen LogP contribution in [0.15, 0.2) is 28.7 Å². The maximum absolute atomic E-state index is 10.1. The highest BCUT2D eigenvalue weighted by Crippen LogP contribution is 2.26. The van der Waals surface area contributed by atoms with Crippen LogP contribution in [0, 0.1) is 20.8 Å². The fraction of sp³-hybridized carbons (Fsp3) is 0.333. The molecule has 0 bridgehead atoms. The first-order chi connectivity index (χ1) is 8.49. The van der Waals surface area contributed by atoms with Crippen molar-refractivity contribution in [1.82, 2.24) is 0 Å². The minimum absolute atomic E-state index is 0.472. The van der Waals surface area contributed by atoms with E-state index in [1.165, 1.54) is 5.56 Å². The summed E-state index contributed by atoms with van der Waals surface area (Å²) >= 11 is 0. The predicted molar refractivity (Wildman–Crippen MR) is 72.4 cm³/mol. The first-order valence-corrected chi connectivity index (χ1v) is 6.08. The van der Waals surface area contributed by atoms with E-state index in [1.807, 2.05) is 39.0 Å².